The van der Waals surface area contributed by atoms with Crippen molar-refractivity contribution < 1.29 is 13.9 Å². The Labute approximate surface area is 164 Å². The topological polar surface area (TPSA) is 75.3 Å². The number of hydrogen-bond donors (Lipinski definition) is 2. The Morgan fingerprint density at radius 3 is 2.25 bits per heavy atom. The van der Waals surface area contributed by atoms with Gasteiger partial charge in [0.1, 0.15) is 23.5 Å². The average molecular weight is 387 g/mol. The number of nitrogens with zero attached hydrogens (tertiary/aromatic N) is 3. The minimum absolute atomic E-state index is 0.245. The third kappa shape index (κ3) is 4.28. The average Bonchev–Trinajstić information content (AvgIpc) is 2.75. The highest BCUT2D eigenvalue weighted by atomic mass is 19.1. The van der Waals surface area contributed by atoms with Crippen LogP contribution >= 0.6 is 0 Å². The van der Waals surface area contributed by atoms with Gasteiger partial charge in [-0.05, 0) is 23.8 Å². The maximum Gasteiger partial charge on any atom is 0.153 e. The van der Waals surface area contributed by atoms with Gasteiger partial charge in [0.05, 0.1) is 26.4 Å². The Bertz CT molecular complexity index is 765. The zero-order valence-corrected chi connectivity index (χ0v) is 15.8. The van der Waals surface area contributed by atoms with Gasteiger partial charge in [0.25, 0.3) is 0 Å². The first-order valence-electron chi connectivity index (χ1n) is 9.64. The fourth-order valence-electron chi connectivity index (χ4n) is 3.50. The number of hydrogen-bond acceptors (Lipinski definition) is 7. The van der Waals surface area contributed by atoms with Crippen LogP contribution in [0.4, 0.5) is 4.39 Å². The van der Waals surface area contributed by atoms with Crippen molar-refractivity contribution in [3.63, 3.8) is 0 Å². The van der Waals surface area contributed by atoms with Crippen LogP contribution in [0.15, 0.2) is 46.9 Å². The van der Waals surface area contributed by atoms with Crippen molar-refractivity contribution in [2.45, 2.75) is 6.17 Å². The van der Waals surface area contributed by atoms with Crippen LogP contribution in [-0.4, -0.2) is 74.4 Å². The molecular weight excluding hydrogens is 361 g/mol. The number of aliphatic imine (C=N–C) groups is 1. The number of morpholine rings is 2. The molecule has 0 saturated carbocycles. The molecule has 1 aromatic rings. The first-order valence-corrected chi connectivity index (χ1v) is 9.64. The van der Waals surface area contributed by atoms with Crippen LogP contribution in [0.25, 0.3) is 6.08 Å². The molecule has 150 valence electrons. The third-order valence-corrected chi connectivity index (χ3v) is 5.02. The molecule has 4 rings (SSSR count). The summed E-state index contributed by atoms with van der Waals surface area (Å²) in [5, 5.41) is 3.44. The second-order valence-electron chi connectivity index (χ2n) is 6.91. The van der Waals surface area contributed by atoms with Crippen molar-refractivity contribution >= 4 is 11.9 Å². The molecule has 0 bridgehead atoms. The monoisotopic (exact) mass is 387 g/mol. The summed E-state index contributed by atoms with van der Waals surface area (Å²) in [7, 11) is 0. The molecule has 3 heterocycles. The molecule has 1 atom stereocenters. The molecular formula is C20H26FN5O2. The van der Waals surface area contributed by atoms with E-state index in [-0.39, 0.29) is 12.0 Å². The number of rotatable bonds is 3. The van der Waals surface area contributed by atoms with Gasteiger partial charge in [0, 0.05) is 26.2 Å². The van der Waals surface area contributed by atoms with Crippen LogP contribution in [0.3, 0.4) is 0 Å². The van der Waals surface area contributed by atoms with Crippen LogP contribution in [0.1, 0.15) is 5.56 Å². The lowest BCUT2D eigenvalue weighted by atomic mass is 10.2. The first-order chi connectivity index (χ1) is 13.7. The van der Waals surface area contributed by atoms with Gasteiger partial charge >= 0.3 is 0 Å². The number of benzene rings is 1. The van der Waals surface area contributed by atoms with E-state index in [1.165, 1.54) is 12.1 Å². The largest absolute Gasteiger partial charge is 0.393 e. The van der Waals surface area contributed by atoms with Gasteiger partial charge in [0.15, 0.2) is 5.84 Å². The summed E-state index contributed by atoms with van der Waals surface area (Å²) in [6.45, 7) is 5.80. The van der Waals surface area contributed by atoms with Crippen LogP contribution in [0, 0.1) is 5.82 Å². The van der Waals surface area contributed by atoms with E-state index in [9.17, 15) is 4.39 Å². The van der Waals surface area contributed by atoms with Crippen molar-refractivity contribution in [3.05, 3.63) is 53.2 Å². The molecule has 1 aromatic carbocycles. The van der Waals surface area contributed by atoms with E-state index in [4.69, 9.17) is 20.2 Å². The molecule has 3 N–H and O–H groups in total. The van der Waals surface area contributed by atoms with Gasteiger partial charge < -0.3 is 30.3 Å². The summed E-state index contributed by atoms with van der Waals surface area (Å²) in [4.78, 5) is 9.23. The fourth-order valence-corrected chi connectivity index (χ4v) is 3.50. The predicted octanol–water partition coefficient (Wildman–Crippen LogP) is 0.959. The van der Waals surface area contributed by atoms with Gasteiger partial charge in [0.2, 0.25) is 0 Å². The van der Waals surface area contributed by atoms with E-state index in [0.717, 1.165) is 43.4 Å². The first kappa shape index (κ1) is 18.8. The highest BCUT2D eigenvalue weighted by molar-refractivity contribution is 5.99. The summed E-state index contributed by atoms with van der Waals surface area (Å²) in [6.07, 6.45) is 3.66. The quantitative estimate of drug-likeness (QED) is 0.805. The molecule has 0 aliphatic carbocycles. The Morgan fingerprint density at radius 1 is 1.00 bits per heavy atom. The normalized spacial score (nSPS) is 23.8. The smallest absolute Gasteiger partial charge is 0.153 e. The zero-order valence-electron chi connectivity index (χ0n) is 15.8. The minimum Gasteiger partial charge on any atom is -0.393 e. The number of ether oxygens (including phenoxy) is 2. The molecule has 7 nitrogen and oxygen atoms in total. The molecule has 0 spiro atoms. The predicted molar refractivity (Wildman–Crippen MR) is 106 cm³/mol. The summed E-state index contributed by atoms with van der Waals surface area (Å²) in [6, 6.07) is 6.39. The van der Waals surface area contributed by atoms with Crippen LogP contribution in [-0.2, 0) is 9.47 Å². The van der Waals surface area contributed by atoms with Gasteiger partial charge in [-0.2, -0.15) is 0 Å². The molecule has 2 fully saturated rings. The Kier molecular flexibility index (Phi) is 5.78. The molecule has 0 amide bonds. The van der Waals surface area contributed by atoms with Crippen molar-refractivity contribution in [1.82, 2.24) is 15.1 Å². The van der Waals surface area contributed by atoms with E-state index in [0.29, 0.717) is 32.1 Å². The maximum absolute atomic E-state index is 13.1. The van der Waals surface area contributed by atoms with Crippen LogP contribution in [0.2, 0.25) is 0 Å². The van der Waals surface area contributed by atoms with Gasteiger partial charge in [-0.15, -0.1) is 0 Å². The van der Waals surface area contributed by atoms with E-state index < -0.39 is 0 Å². The van der Waals surface area contributed by atoms with E-state index >= 15 is 0 Å². The SMILES string of the molecule is NC1=C(N2CCOCC2)NC(/C=C/c2ccc(F)cc2)N=C1N1CCOCC1. The molecule has 0 aromatic heterocycles. The van der Waals surface area contributed by atoms with E-state index in [2.05, 4.69) is 15.1 Å². The molecule has 1 unspecified atom stereocenters. The lowest BCUT2D eigenvalue weighted by Crippen LogP contribution is -2.52. The lowest BCUT2D eigenvalue weighted by molar-refractivity contribution is 0.0486. The van der Waals surface area contributed by atoms with E-state index in [1.54, 1.807) is 12.1 Å². The molecule has 0 radical (unpaired) electrons. The Morgan fingerprint density at radius 2 is 1.61 bits per heavy atom. The second kappa shape index (κ2) is 8.62. The number of nitrogens with one attached hydrogen (secondary N) is 1. The molecule has 2 saturated heterocycles. The van der Waals surface area contributed by atoms with Crippen LogP contribution in [0.5, 0.6) is 0 Å². The van der Waals surface area contributed by atoms with Crippen molar-refractivity contribution in [3.8, 4) is 0 Å². The lowest BCUT2D eigenvalue weighted by Gasteiger charge is -2.39. The highest BCUT2D eigenvalue weighted by Gasteiger charge is 2.28. The minimum atomic E-state index is -0.256. The van der Waals surface area contributed by atoms with E-state index in [1.807, 2.05) is 12.2 Å². The van der Waals surface area contributed by atoms with Gasteiger partial charge in [-0.3, -0.25) is 0 Å². The number of nitrogens with two attached hydrogens (primary N) is 1. The fraction of sp³-hybridized carbons (Fsp3) is 0.450. The summed E-state index contributed by atoms with van der Waals surface area (Å²) in [5.41, 5.74) is 8.11. The second-order valence-corrected chi connectivity index (χ2v) is 6.91. The maximum atomic E-state index is 13.1. The van der Waals surface area contributed by atoms with Gasteiger partial charge in [-0.25, -0.2) is 9.38 Å². The van der Waals surface area contributed by atoms with Crippen molar-refractivity contribution in [1.29, 1.82) is 0 Å². The molecule has 3 aliphatic heterocycles. The summed E-state index contributed by atoms with van der Waals surface area (Å²) < 4.78 is 24.1. The third-order valence-electron chi connectivity index (χ3n) is 5.02. The van der Waals surface area contributed by atoms with Crippen molar-refractivity contribution in [2.24, 2.45) is 10.7 Å². The highest BCUT2D eigenvalue weighted by Crippen LogP contribution is 2.18. The Hall–Kier alpha value is -2.58. The molecule has 8 heteroatoms. The number of amidine groups is 1. The number of halogens is 1. The Balaban J connectivity index is 1.59. The summed E-state index contributed by atoms with van der Waals surface area (Å²) >= 11 is 0. The molecule has 3 aliphatic rings. The zero-order chi connectivity index (χ0) is 19.3. The van der Waals surface area contributed by atoms with Crippen molar-refractivity contribution in [2.75, 3.05) is 52.6 Å². The molecule has 28 heavy (non-hydrogen) atoms. The summed E-state index contributed by atoms with van der Waals surface area (Å²) in [5.74, 6) is 1.46. The standard InChI is InChI=1S/C20H26FN5O2/c21-16-4-1-15(2-5-16)3-6-17-23-19(25-7-11-27-12-8-25)18(22)20(24-17)26-9-13-28-14-10-26/h1-6,17,23H,7-14,22H2/b6-3+. The van der Waals surface area contributed by atoms with Gasteiger partial charge in [-0.1, -0.05) is 18.2 Å². The van der Waals surface area contributed by atoms with Crippen LogP contribution < -0.4 is 11.1 Å².